The molecule has 0 unspecified atom stereocenters. The van der Waals surface area contributed by atoms with Gasteiger partial charge in [0.1, 0.15) is 5.60 Å². The topological polar surface area (TPSA) is 46.5 Å². The average Bonchev–Trinajstić information content (AvgIpc) is 2.47. The number of ether oxygens (including phenoxy) is 1. The van der Waals surface area contributed by atoms with E-state index in [9.17, 15) is 9.90 Å². The average molecular weight is 286 g/mol. The molecule has 2 aromatic rings. The van der Waals surface area contributed by atoms with E-state index in [0.717, 1.165) is 16.3 Å². The van der Waals surface area contributed by atoms with Crippen LogP contribution in [0.4, 0.5) is 0 Å². The van der Waals surface area contributed by atoms with Crippen molar-refractivity contribution in [2.45, 2.75) is 32.8 Å². The predicted octanol–water partition coefficient (Wildman–Crippen LogP) is 3.64. The van der Waals surface area contributed by atoms with Crippen molar-refractivity contribution in [3.05, 3.63) is 48.0 Å². The summed E-state index contributed by atoms with van der Waals surface area (Å²) in [6.45, 7) is 5.66. The molecule has 2 aromatic carbocycles. The molecule has 0 aromatic heterocycles. The van der Waals surface area contributed by atoms with Crippen LogP contribution < -0.4 is 0 Å². The van der Waals surface area contributed by atoms with Crippen LogP contribution in [0.1, 0.15) is 32.8 Å². The molecule has 0 saturated heterocycles. The minimum Gasteiger partial charge on any atom is -0.466 e. The number of aliphatic hydroxyl groups is 1. The summed E-state index contributed by atoms with van der Waals surface area (Å²) in [4.78, 5) is 12.1. The van der Waals surface area contributed by atoms with Crippen molar-refractivity contribution in [3.63, 3.8) is 0 Å². The fourth-order valence-electron chi connectivity index (χ4n) is 2.74. The van der Waals surface area contributed by atoms with Crippen LogP contribution in [-0.4, -0.2) is 17.7 Å². The van der Waals surface area contributed by atoms with Gasteiger partial charge >= 0.3 is 5.97 Å². The van der Waals surface area contributed by atoms with Crippen LogP contribution in [0.2, 0.25) is 0 Å². The number of benzene rings is 2. The van der Waals surface area contributed by atoms with Crippen LogP contribution in [0.15, 0.2) is 42.5 Å². The summed E-state index contributed by atoms with van der Waals surface area (Å²) in [6, 6.07) is 13.8. The standard InChI is InChI=1S/C18H22O3/c1-4-16(17(19)21-5-2)18(3,20)15-11-10-13-8-6-7-9-14(13)12-15/h6-12,16,20H,4-5H2,1-3H3/t16-,18+/m0/s1. The second-order valence-electron chi connectivity index (χ2n) is 5.42. The SMILES string of the molecule is CCOC(=O)[C@H](CC)[C@](C)(O)c1ccc2ccccc2c1. The Morgan fingerprint density at radius 2 is 1.86 bits per heavy atom. The predicted molar refractivity (Wildman–Crippen MR) is 83.9 cm³/mol. The van der Waals surface area contributed by atoms with Gasteiger partial charge in [0.05, 0.1) is 12.5 Å². The molecule has 0 fully saturated rings. The number of rotatable bonds is 5. The van der Waals surface area contributed by atoms with Crippen molar-refractivity contribution in [2.75, 3.05) is 6.61 Å². The van der Waals surface area contributed by atoms with Gasteiger partial charge in [-0.1, -0.05) is 43.3 Å². The van der Waals surface area contributed by atoms with E-state index in [4.69, 9.17) is 4.74 Å². The van der Waals surface area contributed by atoms with Crippen LogP contribution in [0, 0.1) is 5.92 Å². The molecule has 0 bridgehead atoms. The third kappa shape index (κ3) is 3.08. The monoisotopic (exact) mass is 286 g/mol. The Hall–Kier alpha value is -1.87. The number of carbonyl (C=O) groups excluding carboxylic acids is 1. The zero-order valence-corrected chi connectivity index (χ0v) is 12.8. The van der Waals surface area contributed by atoms with Gasteiger partial charge in [-0.25, -0.2) is 0 Å². The lowest BCUT2D eigenvalue weighted by atomic mass is 9.80. The Morgan fingerprint density at radius 3 is 2.48 bits per heavy atom. The molecule has 1 N–H and O–H groups in total. The van der Waals surface area contributed by atoms with Crippen LogP contribution in [0.5, 0.6) is 0 Å². The maximum atomic E-state index is 12.1. The first kappa shape index (κ1) is 15.5. The lowest BCUT2D eigenvalue weighted by molar-refractivity contribution is -0.158. The van der Waals surface area contributed by atoms with Gasteiger partial charge in [0.2, 0.25) is 0 Å². The molecule has 2 rings (SSSR count). The molecular formula is C18H22O3. The molecule has 0 aliphatic rings. The fraction of sp³-hybridized carbons (Fsp3) is 0.389. The first-order valence-corrected chi connectivity index (χ1v) is 7.39. The number of carbonyl (C=O) groups is 1. The van der Waals surface area contributed by atoms with Crippen molar-refractivity contribution in [1.29, 1.82) is 0 Å². The maximum Gasteiger partial charge on any atom is 0.312 e. The molecule has 3 nitrogen and oxygen atoms in total. The fourth-order valence-corrected chi connectivity index (χ4v) is 2.74. The lowest BCUT2D eigenvalue weighted by Crippen LogP contribution is -2.38. The van der Waals surface area contributed by atoms with E-state index >= 15 is 0 Å². The Bertz CT molecular complexity index is 631. The summed E-state index contributed by atoms with van der Waals surface area (Å²) in [7, 11) is 0. The molecule has 0 spiro atoms. The third-order valence-electron chi connectivity index (χ3n) is 3.99. The molecule has 0 radical (unpaired) electrons. The van der Waals surface area contributed by atoms with Gasteiger partial charge < -0.3 is 9.84 Å². The van der Waals surface area contributed by atoms with Gasteiger partial charge in [-0.05, 0) is 42.7 Å². The second kappa shape index (κ2) is 6.27. The highest BCUT2D eigenvalue weighted by molar-refractivity contribution is 5.83. The van der Waals surface area contributed by atoms with Crippen LogP contribution in [0.3, 0.4) is 0 Å². The summed E-state index contributed by atoms with van der Waals surface area (Å²) in [5.41, 5.74) is -0.508. The van der Waals surface area contributed by atoms with E-state index in [2.05, 4.69) is 0 Å². The molecule has 0 aliphatic carbocycles. The number of hydrogen-bond donors (Lipinski definition) is 1. The normalized spacial score (nSPS) is 15.4. The Kier molecular flexibility index (Phi) is 4.63. The highest BCUT2D eigenvalue weighted by Gasteiger charge is 2.38. The van der Waals surface area contributed by atoms with E-state index in [-0.39, 0.29) is 5.97 Å². The summed E-state index contributed by atoms with van der Waals surface area (Å²) < 4.78 is 5.09. The Labute approximate surface area is 125 Å². The minimum atomic E-state index is -1.25. The van der Waals surface area contributed by atoms with Gasteiger partial charge in [0.25, 0.3) is 0 Å². The summed E-state index contributed by atoms with van der Waals surface area (Å²) in [5.74, 6) is -0.920. The highest BCUT2D eigenvalue weighted by Crippen LogP contribution is 2.34. The molecule has 0 aliphatic heterocycles. The minimum absolute atomic E-state index is 0.323. The van der Waals surface area contributed by atoms with Crippen molar-refractivity contribution in [1.82, 2.24) is 0 Å². The zero-order valence-electron chi connectivity index (χ0n) is 12.8. The second-order valence-corrected chi connectivity index (χ2v) is 5.42. The first-order chi connectivity index (χ1) is 10.0. The van der Waals surface area contributed by atoms with Gasteiger partial charge in [0, 0.05) is 0 Å². The van der Waals surface area contributed by atoms with Gasteiger partial charge in [-0.3, -0.25) is 4.79 Å². The van der Waals surface area contributed by atoms with Crippen molar-refractivity contribution >= 4 is 16.7 Å². The molecule has 3 heteroatoms. The molecule has 0 saturated carbocycles. The van der Waals surface area contributed by atoms with E-state index in [1.165, 1.54) is 0 Å². The third-order valence-corrected chi connectivity index (χ3v) is 3.99. The molecule has 0 amide bonds. The molecule has 21 heavy (non-hydrogen) atoms. The smallest absolute Gasteiger partial charge is 0.312 e. The molecule has 112 valence electrons. The zero-order chi connectivity index (χ0) is 15.5. The van der Waals surface area contributed by atoms with E-state index < -0.39 is 11.5 Å². The lowest BCUT2D eigenvalue weighted by Gasteiger charge is -2.31. The van der Waals surface area contributed by atoms with Crippen molar-refractivity contribution < 1.29 is 14.6 Å². The number of fused-ring (bicyclic) bond motifs is 1. The first-order valence-electron chi connectivity index (χ1n) is 7.39. The van der Waals surface area contributed by atoms with Crippen LogP contribution >= 0.6 is 0 Å². The van der Waals surface area contributed by atoms with Crippen LogP contribution in [-0.2, 0) is 15.1 Å². The quantitative estimate of drug-likeness (QED) is 0.854. The highest BCUT2D eigenvalue weighted by atomic mass is 16.5. The largest absolute Gasteiger partial charge is 0.466 e. The van der Waals surface area contributed by atoms with Crippen LogP contribution in [0.25, 0.3) is 10.8 Å². The van der Waals surface area contributed by atoms with Gasteiger partial charge in [0.15, 0.2) is 0 Å². The number of hydrogen-bond acceptors (Lipinski definition) is 3. The van der Waals surface area contributed by atoms with E-state index in [1.54, 1.807) is 13.8 Å². The molecular weight excluding hydrogens is 264 g/mol. The Morgan fingerprint density at radius 1 is 1.19 bits per heavy atom. The summed E-state index contributed by atoms with van der Waals surface area (Å²) in [6.07, 6.45) is 0.526. The Balaban J connectivity index is 2.41. The number of esters is 1. The van der Waals surface area contributed by atoms with Gasteiger partial charge in [-0.2, -0.15) is 0 Å². The summed E-state index contributed by atoms with van der Waals surface area (Å²) >= 11 is 0. The van der Waals surface area contributed by atoms with E-state index in [0.29, 0.717) is 13.0 Å². The molecule has 0 heterocycles. The van der Waals surface area contributed by atoms with Crippen molar-refractivity contribution in [2.24, 2.45) is 5.92 Å². The summed E-state index contributed by atoms with van der Waals surface area (Å²) in [5, 5.41) is 13.1. The maximum absolute atomic E-state index is 12.1. The van der Waals surface area contributed by atoms with Gasteiger partial charge in [-0.15, -0.1) is 0 Å². The van der Waals surface area contributed by atoms with E-state index in [1.807, 2.05) is 49.4 Å². The molecule has 2 atom stereocenters. The van der Waals surface area contributed by atoms with Crippen molar-refractivity contribution in [3.8, 4) is 0 Å².